The Morgan fingerprint density at radius 2 is 1.23 bits per heavy atom. The number of carbonyl (C=O) groups is 7. The lowest BCUT2D eigenvalue weighted by Crippen LogP contribution is -2.62. The standard InChI is InChI=1S/C56H82N8O10/c1-16-56(11,12)64-29-39(38-24-20-21-25-40(38)64)47(66)45-55(73)63(14)42(28-34(8)30-65)50(68)57-36(10)49(67)61-46(48(74-15)37-22-18-17-19-23-37)53(71)58-43(33(6)7)54(72)62(13)41(27-32(4)5)51(69)59-44(52(70)60-45)35(9)26-31(2)3/h16-26,29,32-36,41-48,65-66H,1,27-28,30H2,2-15H3,(H,57,68)(H,58,71)(H,59,69)(H,60,70)(H,61,67). The molecule has 0 spiro atoms. The average molecular weight is 1030 g/mol. The number of likely N-dealkylation sites (N-methyl/N-ethyl adjacent to an activating group) is 2. The number of nitrogens with one attached hydrogen (secondary N) is 5. The van der Waals surface area contributed by atoms with Crippen molar-refractivity contribution in [2.24, 2.45) is 23.7 Å². The van der Waals surface area contributed by atoms with E-state index in [2.05, 4.69) is 33.2 Å². The van der Waals surface area contributed by atoms with Gasteiger partial charge in [-0.2, -0.15) is 0 Å². The van der Waals surface area contributed by atoms with E-state index in [0.717, 1.165) is 10.5 Å². The van der Waals surface area contributed by atoms with Crippen molar-refractivity contribution < 1.29 is 48.5 Å². The number of allylic oxidation sites excluding steroid dienone is 2. The van der Waals surface area contributed by atoms with Crippen LogP contribution in [-0.4, -0.2) is 136 Å². The van der Waals surface area contributed by atoms with Crippen molar-refractivity contribution >= 4 is 52.3 Å². The first-order valence-corrected chi connectivity index (χ1v) is 25.5. The first kappa shape index (κ1) is 60.2. The first-order chi connectivity index (χ1) is 34.7. The molecule has 1 saturated heterocycles. The summed E-state index contributed by atoms with van der Waals surface area (Å²) >= 11 is 0. The summed E-state index contributed by atoms with van der Waals surface area (Å²) in [5.74, 6) is -7.52. The van der Waals surface area contributed by atoms with Crippen LogP contribution in [0.25, 0.3) is 10.9 Å². The van der Waals surface area contributed by atoms with Crippen LogP contribution < -0.4 is 26.6 Å². The average Bonchev–Trinajstić information content (AvgIpc) is 3.76. The summed E-state index contributed by atoms with van der Waals surface area (Å²) in [5, 5.41) is 37.5. The van der Waals surface area contributed by atoms with Crippen LogP contribution in [0.3, 0.4) is 0 Å². The van der Waals surface area contributed by atoms with Crippen LogP contribution in [-0.2, 0) is 43.8 Å². The van der Waals surface area contributed by atoms with Gasteiger partial charge in [0.15, 0.2) is 0 Å². The number of para-hydroxylation sites is 1. The van der Waals surface area contributed by atoms with Gasteiger partial charge in [0, 0.05) is 56.4 Å². The number of ether oxygens (including phenoxy) is 1. The molecule has 2 aromatic carbocycles. The van der Waals surface area contributed by atoms with Gasteiger partial charge >= 0.3 is 0 Å². The van der Waals surface area contributed by atoms with Gasteiger partial charge in [-0.25, -0.2) is 0 Å². The molecule has 18 heteroatoms. The molecule has 11 unspecified atom stereocenters. The Balaban J connectivity index is 2.02. The fourth-order valence-corrected chi connectivity index (χ4v) is 9.35. The number of fused-ring (bicyclic) bond motifs is 1. The SMILES string of the molecule is C=CC(C)(C)n1cc(C(O)C2NC(=O)C(C(C)C=C(C)C)NC(=O)C(CC(C)C)N(C)C(=O)C(C(C)C)NC(=O)C(C(OC)c3ccccc3)NC(=O)C(C)NC(=O)C(CC(C)CO)N(C)C2=O)c2ccccc21. The van der Waals surface area contributed by atoms with Crippen molar-refractivity contribution in [3.05, 3.63) is 96.2 Å². The van der Waals surface area contributed by atoms with Gasteiger partial charge in [-0.3, -0.25) is 33.6 Å². The molecule has 1 aromatic heterocycles. The zero-order valence-corrected chi connectivity index (χ0v) is 45.8. The molecule has 1 aliphatic heterocycles. The van der Waals surface area contributed by atoms with Crippen LogP contribution in [0.2, 0.25) is 0 Å². The van der Waals surface area contributed by atoms with Crippen LogP contribution in [0.15, 0.2) is 85.1 Å². The number of rotatable bonds is 15. The number of aliphatic hydroxyl groups excluding tert-OH is 2. The second-order valence-electron chi connectivity index (χ2n) is 21.4. The Bertz CT molecular complexity index is 2500. The highest BCUT2D eigenvalue weighted by Crippen LogP contribution is 2.34. The molecule has 0 bridgehead atoms. The molecular weight excluding hydrogens is 945 g/mol. The van der Waals surface area contributed by atoms with Crippen molar-refractivity contribution in [1.29, 1.82) is 0 Å². The van der Waals surface area contributed by atoms with Crippen LogP contribution in [0.1, 0.15) is 112 Å². The van der Waals surface area contributed by atoms with Gasteiger partial charge in [0.25, 0.3) is 0 Å². The molecule has 1 fully saturated rings. The topological polar surface area (TPSA) is 241 Å². The van der Waals surface area contributed by atoms with Crippen LogP contribution >= 0.6 is 0 Å². The number of amides is 7. The third-order valence-corrected chi connectivity index (χ3v) is 13.9. The molecule has 4 rings (SSSR count). The molecule has 18 nitrogen and oxygen atoms in total. The third-order valence-electron chi connectivity index (χ3n) is 13.9. The van der Waals surface area contributed by atoms with Crippen molar-refractivity contribution in [1.82, 2.24) is 41.0 Å². The fourth-order valence-electron chi connectivity index (χ4n) is 9.35. The fraction of sp³-hybridized carbons (Fsp3) is 0.554. The molecular formula is C56H82N8O10. The third kappa shape index (κ3) is 14.5. The molecule has 1 aliphatic rings. The van der Waals surface area contributed by atoms with E-state index in [4.69, 9.17) is 4.74 Å². The quantitative estimate of drug-likeness (QED) is 0.106. The van der Waals surface area contributed by atoms with Gasteiger partial charge in [-0.1, -0.05) is 108 Å². The molecule has 74 heavy (non-hydrogen) atoms. The van der Waals surface area contributed by atoms with Crippen molar-refractivity contribution in [3.63, 3.8) is 0 Å². The zero-order valence-electron chi connectivity index (χ0n) is 45.8. The zero-order chi connectivity index (χ0) is 55.5. The van der Waals surface area contributed by atoms with Gasteiger partial charge in [0.05, 0.1) is 5.54 Å². The Morgan fingerprint density at radius 1 is 0.716 bits per heavy atom. The summed E-state index contributed by atoms with van der Waals surface area (Å²) in [6.45, 7) is 23.1. The lowest BCUT2D eigenvalue weighted by atomic mass is 9.94. The number of hydrogen-bond acceptors (Lipinski definition) is 10. The molecule has 406 valence electrons. The molecule has 11 atom stereocenters. The van der Waals surface area contributed by atoms with Crippen LogP contribution in [0.5, 0.6) is 0 Å². The van der Waals surface area contributed by atoms with Gasteiger partial charge < -0.3 is 55.9 Å². The van der Waals surface area contributed by atoms with Gasteiger partial charge in [-0.15, -0.1) is 6.58 Å². The van der Waals surface area contributed by atoms with Gasteiger partial charge in [0.1, 0.15) is 54.5 Å². The Morgan fingerprint density at radius 3 is 1.78 bits per heavy atom. The number of benzene rings is 2. The first-order valence-electron chi connectivity index (χ1n) is 25.5. The Labute approximate surface area is 437 Å². The second kappa shape index (κ2) is 26.2. The minimum absolute atomic E-state index is 0.126. The number of aromatic nitrogens is 1. The van der Waals surface area contributed by atoms with E-state index in [-0.39, 0.29) is 30.9 Å². The highest BCUT2D eigenvalue weighted by Gasteiger charge is 2.43. The second-order valence-corrected chi connectivity index (χ2v) is 21.4. The van der Waals surface area contributed by atoms with Crippen LogP contribution in [0.4, 0.5) is 0 Å². The van der Waals surface area contributed by atoms with E-state index in [1.54, 1.807) is 88.5 Å². The highest BCUT2D eigenvalue weighted by molar-refractivity contribution is 5.99. The minimum atomic E-state index is -1.81. The van der Waals surface area contributed by atoms with E-state index in [0.29, 0.717) is 16.5 Å². The van der Waals surface area contributed by atoms with Gasteiger partial charge in [-0.05, 0) is 76.8 Å². The molecule has 2 heterocycles. The minimum Gasteiger partial charge on any atom is -0.396 e. The highest BCUT2D eigenvalue weighted by atomic mass is 16.5. The monoisotopic (exact) mass is 1030 g/mol. The summed E-state index contributed by atoms with van der Waals surface area (Å²) in [7, 11) is 4.15. The number of carbonyl (C=O) groups excluding carboxylic acids is 7. The maximum Gasteiger partial charge on any atom is 0.248 e. The Kier molecular flexibility index (Phi) is 21.3. The van der Waals surface area contributed by atoms with E-state index < -0.39 is 119 Å². The predicted molar refractivity (Wildman–Crippen MR) is 285 cm³/mol. The predicted octanol–water partition coefficient (Wildman–Crippen LogP) is 4.42. The summed E-state index contributed by atoms with van der Waals surface area (Å²) in [6.07, 6.45) is 2.34. The maximum absolute atomic E-state index is 15.4. The van der Waals surface area contributed by atoms with Crippen molar-refractivity contribution in [2.75, 3.05) is 27.8 Å². The van der Waals surface area contributed by atoms with Crippen molar-refractivity contribution in [3.8, 4) is 0 Å². The maximum atomic E-state index is 15.4. The van der Waals surface area contributed by atoms with E-state index in [9.17, 15) is 34.2 Å². The normalized spacial score (nSPS) is 24.2. The van der Waals surface area contributed by atoms with Crippen molar-refractivity contribution in [2.45, 2.75) is 149 Å². The summed E-state index contributed by atoms with van der Waals surface area (Å²) in [5.41, 5.74) is 1.59. The molecule has 7 amide bonds. The summed E-state index contributed by atoms with van der Waals surface area (Å²) in [4.78, 5) is 106. The van der Waals surface area contributed by atoms with Crippen LogP contribution in [0, 0.1) is 23.7 Å². The van der Waals surface area contributed by atoms with Gasteiger partial charge in [0.2, 0.25) is 41.4 Å². The summed E-state index contributed by atoms with van der Waals surface area (Å²) < 4.78 is 7.76. The lowest BCUT2D eigenvalue weighted by Gasteiger charge is -2.36. The Hall–Kier alpha value is -6.37. The molecule has 0 aliphatic carbocycles. The molecule has 0 saturated carbocycles. The molecule has 0 radical (unpaired) electrons. The van der Waals surface area contributed by atoms with E-state index >= 15 is 9.59 Å². The number of methoxy groups -OCH3 is 1. The smallest absolute Gasteiger partial charge is 0.248 e. The summed E-state index contributed by atoms with van der Waals surface area (Å²) in [6, 6.07) is 6.04. The number of hydrogen-bond donors (Lipinski definition) is 7. The lowest BCUT2D eigenvalue weighted by molar-refractivity contribution is -0.146. The molecule has 7 N–H and O–H groups in total. The van der Waals surface area contributed by atoms with E-state index in [1.807, 2.05) is 58.2 Å². The largest absolute Gasteiger partial charge is 0.396 e. The van der Waals surface area contributed by atoms with E-state index in [1.165, 1.54) is 33.0 Å². The number of nitrogens with zero attached hydrogens (tertiary/aromatic N) is 3. The number of aliphatic hydroxyl groups is 2. The molecule has 3 aromatic rings.